The molecule has 1 N–H and O–H groups in total. The summed E-state index contributed by atoms with van der Waals surface area (Å²) in [7, 11) is 3.76. The topological polar surface area (TPSA) is 66.4 Å². The van der Waals surface area contributed by atoms with Gasteiger partial charge in [-0.3, -0.25) is 0 Å². The third-order valence-electron chi connectivity index (χ3n) is 12.4. The number of ether oxygens (including phenoxy) is 5. The first-order valence-electron chi connectivity index (χ1n) is 27.7. The molecule has 0 bridgehead atoms. The van der Waals surface area contributed by atoms with Gasteiger partial charge in [-0.05, 0) is 129 Å². The van der Waals surface area contributed by atoms with Gasteiger partial charge in [0.2, 0.25) is 11.2 Å². The molecule has 3 aromatic carbocycles. The molecular weight excluding hydrogens is 1440 g/mol. The molecule has 0 aliphatic carbocycles. The van der Waals surface area contributed by atoms with Gasteiger partial charge in [0.1, 0.15) is 0 Å². The van der Waals surface area contributed by atoms with E-state index in [1.165, 1.54) is 43.2 Å². The molecule has 2 atom stereocenters. The Kier molecular flexibility index (Phi) is 42.9. The van der Waals surface area contributed by atoms with Crippen LogP contribution in [0.2, 0.25) is 0 Å². The third-order valence-corrected chi connectivity index (χ3v) is 16.1. The Morgan fingerprint density at radius 2 is 0.861 bits per heavy atom. The molecule has 0 spiro atoms. The zero-order valence-corrected chi connectivity index (χ0v) is 61.9. The molecule has 0 saturated carbocycles. The molecule has 0 saturated heterocycles. The molecule has 0 aliphatic rings. The predicted molar refractivity (Wildman–Crippen MR) is 364 cm³/mol. The van der Waals surface area contributed by atoms with Crippen LogP contribution in [0.5, 0.6) is 0 Å². The minimum absolute atomic E-state index is 0. The minimum atomic E-state index is -5.39. The number of aliphatic hydroxyl groups is 1. The van der Waals surface area contributed by atoms with Crippen molar-refractivity contribution in [1.29, 1.82) is 0 Å². The molecule has 16 heteroatoms. The molecule has 2 unspecified atom stereocenters. The molecule has 0 aromatic heterocycles. The molecule has 0 fully saturated rings. The number of rotatable bonds is 30. The Labute approximate surface area is 530 Å². The van der Waals surface area contributed by atoms with Gasteiger partial charge in [0.15, 0.2) is 0 Å². The van der Waals surface area contributed by atoms with E-state index >= 15 is 0 Å². The van der Waals surface area contributed by atoms with Crippen LogP contribution >= 0.6 is 92.7 Å². The van der Waals surface area contributed by atoms with E-state index in [0.29, 0.717) is 44.2 Å². The number of aliphatic hydroxyl groups excluding tert-OH is 1. The fourth-order valence-electron chi connectivity index (χ4n) is 7.66. The summed E-state index contributed by atoms with van der Waals surface area (Å²) in [5.41, 5.74) is 9.12. The summed E-state index contributed by atoms with van der Waals surface area (Å²) in [6.45, 7) is 46.1. The van der Waals surface area contributed by atoms with Gasteiger partial charge < -0.3 is 36.2 Å². The van der Waals surface area contributed by atoms with Crippen molar-refractivity contribution in [2.24, 2.45) is 29.6 Å². The van der Waals surface area contributed by atoms with Crippen molar-refractivity contribution in [3.05, 3.63) is 93.9 Å². The number of aryl methyl sites for hydroxylation is 2. The van der Waals surface area contributed by atoms with Gasteiger partial charge in [0.25, 0.3) is 0 Å². The van der Waals surface area contributed by atoms with Crippen LogP contribution in [0.4, 0.5) is 11.7 Å². The van der Waals surface area contributed by atoms with Crippen molar-refractivity contribution < 1.29 is 45.4 Å². The molecule has 6 nitrogen and oxygen atoms in total. The normalized spacial score (nSPS) is 13.2. The number of benzene rings is 3. The van der Waals surface area contributed by atoms with Crippen molar-refractivity contribution in [2.75, 3.05) is 46.2 Å². The maximum absolute atomic E-state index is 13.9. The van der Waals surface area contributed by atoms with E-state index in [2.05, 4.69) is 167 Å². The summed E-state index contributed by atoms with van der Waals surface area (Å²) >= 11 is 1.99. The molecule has 0 radical (unpaired) electrons. The van der Waals surface area contributed by atoms with Gasteiger partial charge in [-0.2, -0.15) is 0 Å². The van der Waals surface area contributed by atoms with Gasteiger partial charge in [0.05, 0.1) is 31.3 Å². The summed E-state index contributed by atoms with van der Waals surface area (Å²) in [5.74, 6) is 1.83. The number of hydrogen-bond acceptors (Lipinski definition) is 8. The average Bonchev–Trinajstić information content (AvgIpc) is 3.30. The Hall–Kier alpha value is 1.03. The van der Waals surface area contributed by atoms with Gasteiger partial charge in [-0.1, -0.05) is 196 Å². The van der Waals surface area contributed by atoms with Crippen molar-refractivity contribution >= 4 is 92.7 Å². The molecule has 3 aromatic rings. The van der Waals surface area contributed by atoms with Crippen LogP contribution < -0.4 is 0 Å². The van der Waals surface area contributed by atoms with Crippen LogP contribution in [-0.2, 0) is 84.1 Å². The monoisotopic (exact) mass is 1550 g/mol. The molecule has 0 amide bonds. The first kappa shape index (κ1) is 82.1. The first-order chi connectivity index (χ1) is 35.6. The molecule has 0 aliphatic heterocycles. The maximum atomic E-state index is 13.9. The van der Waals surface area contributed by atoms with E-state index < -0.39 is 16.1 Å². The quantitative estimate of drug-likeness (QED) is 0.0307. The zero-order chi connectivity index (χ0) is 58.9. The van der Waals surface area contributed by atoms with Crippen LogP contribution in [0.15, 0.2) is 51.1 Å². The van der Waals surface area contributed by atoms with Gasteiger partial charge in [-0.15, -0.1) is 11.7 Å². The van der Waals surface area contributed by atoms with Crippen LogP contribution in [0.1, 0.15) is 208 Å². The number of halogens is 6. The van der Waals surface area contributed by atoms with Crippen molar-refractivity contribution in [1.82, 2.24) is 0 Å². The van der Waals surface area contributed by atoms with Crippen LogP contribution in [0.3, 0.4) is 0 Å². The first-order valence-corrected chi connectivity index (χ1v) is 44.7. The fraction of sp³-hybridized carbons (Fsp3) is 0.698. The Morgan fingerprint density at radius 1 is 0.532 bits per heavy atom. The summed E-state index contributed by atoms with van der Waals surface area (Å²) in [6, 6.07) is 12.9. The molecular formula is C63H108F3I3O6S3V-. The van der Waals surface area contributed by atoms with Crippen LogP contribution in [0, 0.1) is 37.0 Å². The van der Waals surface area contributed by atoms with Crippen LogP contribution in [0.25, 0.3) is 0 Å². The standard InChI is InChI=1S/C40H66O4S2.C21H35F3O2S.CH4.CH3.3HI.V/c1-13-42-18-14-15-31-19-35(39(7,8)9)20-32(17-16-30(6)23-41)37(31)45-46-38-33(26-43-24-28(2)3)21-36(40(10,11)12)22-34(38)27-44-25-29(4)5;1-8-16(4)12-26-14-18-10-19(21(5,6)7)9-17(13-25-11-15(2)3)20(18)27(22,23)24;;;;;;/h19-22,28-30,41H,13-18,23-27H2,1-12H3;9-10,15-16H,8,11-14H2,1-7H3;1H4;1H3;3*1H;/q;;;-1;;;;+3/p-3. The van der Waals surface area contributed by atoms with Crippen molar-refractivity contribution in [3.63, 3.8) is 0 Å². The van der Waals surface area contributed by atoms with E-state index in [-0.39, 0.29) is 78.8 Å². The molecule has 462 valence electrons. The van der Waals surface area contributed by atoms with E-state index in [1.807, 2.05) is 70.1 Å². The molecule has 79 heavy (non-hydrogen) atoms. The predicted octanol–water partition coefficient (Wildman–Crippen LogP) is 22.2. The number of hydrogen-bond donors (Lipinski definition) is 1. The Morgan fingerprint density at radius 3 is 1.19 bits per heavy atom. The van der Waals surface area contributed by atoms with Gasteiger partial charge >= 0.3 is 64.9 Å². The summed E-state index contributed by atoms with van der Waals surface area (Å²) < 4.78 is 71.4. The second kappa shape index (κ2) is 41.2. The second-order valence-corrected chi connectivity index (χ2v) is 63.5. The van der Waals surface area contributed by atoms with E-state index in [1.54, 1.807) is 12.1 Å². The second-order valence-electron chi connectivity index (χ2n) is 24.8. The Balaban J connectivity index is 0. The summed E-state index contributed by atoms with van der Waals surface area (Å²) in [4.78, 5) is 1.83. The fourth-order valence-corrected chi connectivity index (χ4v) is 11.4. The summed E-state index contributed by atoms with van der Waals surface area (Å²) in [5, 5.41) is 9.84. The van der Waals surface area contributed by atoms with Gasteiger partial charge in [0, 0.05) is 56.0 Å². The summed E-state index contributed by atoms with van der Waals surface area (Å²) in [6.07, 6.45) is 4.82. The molecule has 0 heterocycles. The Bertz CT molecular complexity index is 2090. The van der Waals surface area contributed by atoms with Crippen molar-refractivity contribution in [3.8, 4) is 0 Å². The van der Waals surface area contributed by atoms with E-state index in [9.17, 15) is 16.8 Å². The molecule has 3 rings (SSSR count). The van der Waals surface area contributed by atoms with Crippen LogP contribution in [-0.4, -0.2) is 51.4 Å². The van der Waals surface area contributed by atoms with Gasteiger partial charge in [-0.25, -0.2) is 0 Å². The zero-order valence-electron chi connectivity index (χ0n) is 51.6. The van der Waals surface area contributed by atoms with E-state index in [4.69, 9.17) is 23.7 Å². The third kappa shape index (κ3) is 34.2. The van der Waals surface area contributed by atoms with Crippen molar-refractivity contribution in [2.45, 2.75) is 228 Å². The van der Waals surface area contributed by atoms with E-state index in [0.717, 1.165) is 64.1 Å². The SMILES string of the molecule is C.CCC(C)COCc1cc(C(C)(C)C)cc(COCC(C)C)c1S(F)(F)F.CCOCCCc1cc(C(C)(C)C)cc(CCC(C)CO)c1SSc1c(COCC(C)C)cc(C(C)(C)C)cc1COCC(C)C.[CH3-].[I][V]([I])[I]. The average molecular weight is 1550 g/mol.